The van der Waals surface area contributed by atoms with Gasteiger partial charge < -0.3 is 15.0 Å². The number of halogens is 2. The van der Waals surface area contributed by atoms with E-state index in [-0.39, 0.29) is 24.9 Å². The van der Waals surface area contributed by atoms with Crippen LogP contribution in [0.2, 0.25) is 5.02 Å². The second-order valence-electron chi connectivity index (χ2n) is 9.84. The third kappa shape index (κ3) is 6.83. The molecule has 11 heteroatoms. The van der Waals surface area contributed by atoms with Gasteiger partial charge in [-0.15, -0.1) is 0 Å². The molecular formula is C30H29ClFN5O4. The van der Waals surface area contributed by atoms with Crippen molar-refractivity contribution in [2.24, 2.45) is 5.10 Å². The number of hydrogen-bond donors (Lipinski definition) is 1. The number of cyclic esters (lactones) is 1. The zero-order valence-corrected chi connectivity index (χ0v) is 23.2. The molecule has 3 amide bonds. The van der Waals surface area contributed by atoms with Crippen molar-refractivity contribution < 1.29 is 23.5 Å². The Morgan fingerprint density at radius 2 is 1.76 bits per heavy atom. The molecule has 1 N–H and O–H groups in total. The van der Waals surface area contributed by atoms with Crippen LogP contribution in [-0.4, -0.2) is 79.4 Å². The maximum absolute atomic E-state index is 15.1. The number of piperazine rings is 1. The number of anilines is 1. The molecule has 0 bridgehead atoms. The van der Waals surface area contributed by atoms with Crippen LogP contribution >= 0.6 is 11.6 Å². The molecule has 2 saturated heterocycles. The average molecular weight is 578 g/mol. The number of carbonyl (C=O) groups is 3. The number of hydrogen-bond acceptors (Lipinski definition) is 6. The molecule has 2 fully saturated rings. The third-order valence-electron chi connectivity index (χ3n) is 6.94. The maximum Gasteiger partial charge on any atom is 0.414 e. The summed E-state index contributed by atoms with van der Waals surface area (Å²) >= 11 is 5.92. The summed E-state index contributed by atoms with van der Waals surface area (Å²) in [7, 11) is 0. The topological polar surface area (TPSA) is 94.5 Å². The van der Waals surface area contributed by atoms with Crippen LogP contribution in [-0.2, 0) is 9.53 Å². The molecule has 0 aliphatic carbocycles. The highest BCUT2D eigenvalue weighted by Gasteiger charge is 2.32. The number of ether oxygens (including phenoxy) is 1. The van der Waals surface area contributed by atoms with Gasteiger partial charge in [-0.05, 0) is 53.6 Å². The van der Waals surface area contributed by atoms with Crippen LogP contribution < -0.4 is 10.2 Å². The van der Waals surface area contributed by atoms with Gasteiger partial charge in [-0.3, -0.25) is 19.5 Å². The number of carbonyl (C=O) groups excluding carboxylic acids is 3. The number of amides is 3. The van der Waals surface area contributed by atoms with Crippen molar-refractivity contribution in [2.45, 2.75) is 13.0 Å². The van der Waals surface area contributed by atoms with Crippen molar-refractivity contribution in [2.75, 3.05) is 44.2 Å². The lowest BCUT2D eigenvalue weighted by atomic mass is 10.0. The van der Waals surface area contributed by atoms with Gasteiger partial charge in [0.2, 0.25) is 5.91 Å². The Labute approximate surface area is 242 Å². The Bertz CT molecular complexity index is 1460. The van der Waals surface area contributed by atoms with Gasteiger partial charge in [0.25, 0.3) is 5.91 Å². The molecule has 1 atom stereocenters. The fourth-order valence-corrected chi connectivity index (χ4v) is 4.81. The first-order valence-corrected chi connectivity index (χ1v) is 13.6. The zero-order valence-electron chi connectivity index (χ0n) is 22.4. The van der Waals surface area contributed by atoms with E-state index < -0.39 is 18.0 Å². The molecule has 0 aromatic heterocycles. The summed E-state index contributed by atoms with van der Waals surface area (Å²) in [4.78, 5) is 39.2. The Kier molecular flexibility index (Phi) is 8.49. The fraction of sp³-hybridized carbons (Fsp3) is 0.267. The van der Waals surface area contributed by atoms with Crippen LogP contribution in [0.15, 0.2) is 71.8 Å². The predicted octanol–water partition coefficient (Wildman–Crippen LogP) is 4.40. The molecule has 0 unspecified atom stereocenters. The van der Waals surface area contributed by atoms with Crippen molar-refractivity contribution in [1.82, 2.24) is 15.2 Å². The molecule has 9 nitrogen and oxygen atoms in total. The van der Waals surface area contributed by atoms with Crippen LogP contribution in [0.25, 0.3) is 11.1 Å². The standard InChI is InChI=1S/C30H29ClFN5O4/c1-20(38)33-18-26-19-37(30(40)41-26)25-10-11-27(28(32)16-25)22-4-2-21(3-5-22)17-34-36-14-12-35(13-15-36)29(39)23-6-8-24(31)9-7-23/h2-11,16-17,26H,12-15,18-19H2,1H3,(H,33,38)/t26-/m0/s1. The summed E-state index contributed by atoms with van der Waals surface area (Å²) in [5.74, 6) is -0.699. The SMILES string of the molecule is CC(=O)NC[C@H]1CN(c2ccc(-c3ccc(C=NN4CCN(C(=O)c5ccc(Cl)cc5)CC4)cc3)c(F)c2)C(=O)O1. The molecule has 0 radical (unpaired) electrons. The predicted molar refractivity (Wildman–Crippen MR) is 155 cm³/mol. The summed E-state index contributed by atoms with van der Waals surface area (Å²) in [5.41, 5.74) is 2.95. The van der Waals surface area contributed by atoms with Crippen LogP contribution in [0, 0.1) is 5.82 Å². The zero-order chi connectivity index (χ0) is 28.9. The number of hydrazone groups is 1. The first kappa shape index (κ1) is 28.1. The second kappa shape index (κ2) is 12.4. The van der Waals surface area contributed by atoms with E-state index >= 15 is 4.39 Å². The van der Waals surface area contributed by atoms with E-state index in [2.05, 4.69) is 10.4 Å². The van der Waals surface area contributed by atoms with Gasteiger partial charge >= 0.3 is 6.09 Å². The first-order chi connectivity index (χ1) is 19.8. The van der Waals surface area contributed by atoms with Crippen molar-refractivity contribution in [1.29, 1.82) is 0 Å². The van der Waals surface area contributed by atoms with E-state index in [0.717, 1.165) is 5.56 Å². The molecule has 212 valence electrons. The minimum Gasteiger partial charge on any atom is -0.442 e. The fourth-order valence-electron chi connectivity index (χ4n) is 4.69. The minimum absolute atomic E-state index is 0.0207. The molecule has 2 heterocycles. The molecule has 5 rings (SSSR count). The Morgan fingerprint density at radius 3 is 2.41 bits per heavy atom. The average Bonchev–Trinajstić information content (AvgIpc) is 3.36. The smallest absolute Gasteiger partial charge is 0.414 e. The Balaban J connectivity index is 1.15. The monoisotopic (exact) mass is 577 g/mol. The second-order valence-corrected chi connectivity index (χ2v) is 10.3. The largest absolute Gasteiger partial charge is 0.442 e. The van der Waals surface area contributed by atoms with Gasteiger partial charge in [0.15, 0.2) is 0 Å². The summed E-state index contributed by atoms with van der Waals surface area (Å²) in [6.07, 6.45) is 0.672. The van der Waals surface area contributed by atoms with Gasteiger partial charge in [0, 0.05) is 36.2 Å². The number of benzene rings is 3. The van der Waals surface area contributed by atoms with Crippen molar-refractivity contribution >= 4 is 41.4 Å². The van der Waals surface area contributed by atoms with Gasteiger partial charge in [-0.1, -0.05) is 35.9 Å². The van der Waals surface area contributed by atoms with E-state index in [0.29, 0.717) is 53.6 Å². The van der Waals surface area contributed by atoms with Gasteiger partial charge in [0.05, 0.1) is 38.1 Å². The van der Waals surface area contributed by atoms with Crippen LogP contribution in [0.5, 0.6) is 0 Å². The third-order valence-corrected chi connectivity index (χ3v) is 7.20. The number of nitrogens with zero attached hydrogens (tertiary/aromatic N) is 4. The Hall–Kier alpha value is -4.44. The van der Waals surface area contributed by atoms with Gasteiger partial charge in [-0.25, -0.2) is 9.18 Å². The van der Waals surface area contributed by atoms with Gasteiger partial charge in [-0.2, -0.15) is 5.10 Å². The molecule has 41 heavy (non-hydrogen) atoms. The summed E-state index contributed by atoms with van der Waals surface area (Å²) in [5, 5.41) is 9.68. The quantitative estimate of drug-likeness (QED) is 0.420. The summed E-state index contributed by atoms with van der Waals surface area (Å²) < 4.78 is 20.3. The highest BCUT2D eigenvalue weighted by atomic mass is 35.5. The van der Waals surface area contributed by atoms with Crippen molar-refractivity contribution in [3.05, 3.63) is 88.7 Å². The lowest BCUT2D eigenvalue weighted by Gasteiger charge is -2.33. The highest BCUT2D eigenvalue weighted by Crippen LogP contribution is 2.29. The van der Waals surface area contributed by atoms with E-state index in [1.807, 2.05) is 29.3 Å². The van der Waals surface area contributed by atoms with Gasteiger partial charge in [0.1, 0.15) is 11.9 Å². The molecule has 3 aromatic rings. The summed E-state index contributed by atoms with van der Waals surface area (Å²) in [6, 6.07) is 18.8. The number of nitrogens with one attached hydrogen (secondary N) is 1. The molecule has 2 aliphatic rings. The molecule has 3 aromatic carbocycles. The molecule has 0 saturated carbocycles. The molecule has 0 spiro atoms. The van der Waals surface area contributed by atoms with E-state index in [1.165, 1.54) is 17.9 Å². The van der Waals surface area contributed by atoms with E-state index in [1.54, 1.807) is 47.5 Å². The van der Waals surface area contributed by atoms with Crippen LogP contribution in [0.4, 0.5) is 14.9 Å². The molecule has 2 aliphatic heterocycles. The number of rotatable bonds is 7. The van der Waals surface area contributed by atoms with E-state index in [9.17, 15) is 14.4 Å². The van der Waals surface area contributed by atoms with Crippen molar-refractivity contribution in [3.8, 4) is 11.1 Å². The lowest BCUT2D eigenvalue weighted by molar-refractivity contribution is -0.119. The lowest BCUT2D eigenvalue weighted by Crippen LogP contribution is -2.46. The van der Waals surface area contributed by atoms with E-state index in [4.69, 9.17) is 16.3 Å². The van der Waals surface area contributed by atoms with Crippen molar-refractivity contribution in [3.63, 3.8) is 0 Å². The Morgan fingerprint density at radius 1 is 1.05 bits per heavy atom. The van der Waals surface area contributed by atoms with Crippen LogP contribution in [0.3, 0.4) is 0 Å². The summed E-state index contributed by atoms with van der Waals surface area (Å²) in [6.45, 7) is 4.18. The normalized spacial score (nSPS) is 17.2. The molecular weight excluding hydrogens is 549 g/mol. The maximum atomic E-state index is 15.1. The highest BCUT2D eigenvalue weighted by molar-refractivity contribution is 6.30. The minimum atomic E-state index is -0.578. The van der Waals surface area contributed by atoms with Crippen LogP contribution in [0.1, 0.15) is 22.8 Å². The first-order valence-electron chi connectivity index (χ1n) is 13.2.